The van der Waals surface area contributed by atoms with Crippen molar-refractivity contribution in [2.45, 2.75) is 58.4 Å². The molecular formula is C21H30N6OS. The van der Waals surface area contributed by atoms with Crippen molar-refractivity contribution in [2.75, 3.05) is 25.0 Å². The monoisotopic (exact) mass is 414 g/mol. The lowest BCUT2D eigenvalue weighted by molar-refractivity contribution is -0.135. The number of rotatable bonds is 5. The Hall–Kier alpha value is -2.06. The van der Waals surface area contributed by atoms with Crippen molar-refractivity contribution in [1.29, 1.82) is 0 Å². The number of amides is 1. The molecule has 0 saturated carbocycles. The fourth-order valence-corrected chi connectivity index (χ4v) is 4.93. The van der Waals surface area contributed by atoms with E-state index in [2.05, 4.69) is 30.5 Å². The van der Waals surface area contributed by atoms with Crippen molar-refractivity contribution in [3.05, 3.63) is 28.7 Å². The first-order chi connectivity index (χ1) is 14.1. The highest BCUT2D eigenvalue weighted by Gasteiger charge is 2.29. The lowest BCUT2D eigenvalue weighted by Gasteiger charge is -2.35. The van der Waals surface area contributed by atoms with Gasteiger partial charge in [-0.25, -0.2) is 15.0 Å². The molecule has 0 aliphatic carbocycles. The Labute approximate surface area is 176 Å². The van der Waals surface area contributed by atoms with E-state index in [4.69, 9.17) is 0 Å². The summed E-state index contributed by atoms with van der Waals surface area (Å²) in [6.45, 7) is 6.66. The van der Waals surface area contributed by atoms with E-state index in [0.29, 0.717) is 11.8 Å². The summed E-state index contributed by atoms with van der Waals surface area (Å²) in [5.74, 6) is 2.43. The molecule has 29 heavy (non-hydrogen) atoms. The van der Waals surface area contributed by atoms with Gasteiger partial charge in [-0.05, 0) is 58.4 Å². The third-order valence-electron chi connectivity index (χ3n) is 5.78. The molecule has 0 radical (unpaired) electrons. The van der Waals surface area contributed by atoms with Crippen LogP contribution in [0.2, 0.25) is 0 Å². The minimum atomic E-state index is 0.0351. The number of nitrogens with zero attached hydrogens (tertiary/aromatic N) is 4. The van der Waals surface area contributed by atoms with Crippen LogP contribution in [-0.2, 0) is 11.2 Å². The maximum Gasteiger partial charge on any atom is 0.239 e. The van der Waals surface area contributed by atoms with Gasteiger partial charge in [-0.3, -0.25) is 4.79 Å². The molecule has 4 rings (SSSR count). The summed E-state index contributed by atoms with van der Waals surface area (Å²) in [4.78, 5) is 29.4. The van der Waals surface area contributed by atoms with E-state index in [1.54, 1.807) is 11.3 Å². The number of carbonyl (C=O) groups excluding carboxylic acids is 1. The molecule has 7 nitrogen and oxygen atoms in total. The van der Waals surface area contributed by atoms with Gasteiger partial charge in [-0.2, -0.15) is 0 Å². The molecule has 1 amide bonds. The molecule has 2 fully saturated rings. The summed E-state index contributed by atoms with van der Waals surface area (Å²) in [7, 11) is 0. The van der Waals surface area contributed by atoms with Crippen molar-refractivity contribution in [2.24, 2.45) is 5.92 Å². The van der Waals surface area contributed by atoms with Crippen LogP contribution < -0.4 is 10.6 Å². The topological polar surface area (TPSA) is 83.0 Å². The average Bonchev–Trinajstić information content (AvgIpc) is 3.13. The molecular weight excluding hydrogens is 384 g/mol. The highest BCUT2D eigenvalue weighted by atomic mass is 32.1. The molecule has 2 N–H and O–H groups in total. The molecule has 2 aliphatic rings. The van der Waals surface area contributed by atoms with Crippen LogP contribution in [-0.4, -0.2) is 51.4 Å². The molecule has 0 bridgehead atoms. The second kappa shape index (κ2) is 9.17. The Morgan fingerprint density at radius 3 is 2.76 bits per heavy atom. The maximum absolute atomic E-state index is 12.7. The third kappa shape index (κ3) is 5.30. The summed E-state index contributed by atoms with van der Waals surface area (Å²) < 4.78 is 0. The number of likely N-dealkylation sites (tertiary alicyclic amines) is 1. The zero-order chi connectivity index (χ0) is 20.2. The molecule has 0 spiro atoms. The van der Waals surface area contributed by atoms with E-state index in [1.165, 1.54) is 11.3 Å². The molecule has 0 unspecified atom stereocenters. The van der Waals surface area contributed by atoms with Gasteiger partial charge in [0.15, 0.2) is 5.13 Å². The van der Waals surface area contributed by atoms with Crippen LogP contribution in [0.1, 0.15) is 48.5 Å². The highest BCUT2D eigenvalue weighted by Crippen LogP contribution is 2.25. The summed E-state index contributed by atoms with van der Waals surface area (Å²) in [5, 5.41) is 7.54. The highest BCUT2D eigenvalue weighted by molar-refractivity contribution is 7.15. The molecule has 4 heterocycles. The van der Waals surface area contributed by atoms with Crippen LogP contribution in [0, 0.1) is 19.8 Å². The molecule has 8 heteroatoms. The standard InChI is InChI=1S/C21H30N6OS/c1-14-13-23-21(29-14)26-19-12-17(24-15(2)25-19)11-16-6-9-27(10-7-16)20(28)18-5-3-4-8-22-18/h12-13,16,18,22H,3-11H2,1-2H3,(H,23,24,25,26)/t18-/m1/s1. The second-order valence-electron chi connectivity index (χ2n) is 8.17. The maximum atomic E-state index is 12.7. The van der Waals surface area contributed by atoms with Gasteiger partial charge in [0.1, 0.15) is 11.6 Å². The largest absolute Gasteiger partial charge is 0.341 e. The van der Waals surface area contributed by atoms with Crippen molar-refractivity contribution in [3.63, 3.8) is 0 Å². The zero-order valence-corrected chi connectivity index (χ0v) is 18.1. The second-order valence-corrected chi connectivity index (χ2v) is 9.40. The van der Waals surface area contributed by atoms with E-state index in [9.17, 15) is 4.79 Å². The SMILES string of the molecule is Cc1nc(CC2CCN(C(=O)[C@H]3CCCCN3)CC2)cc(Nc2ncc(C)s2)n1. The predicted molar refractivity (Wildman–Crippen MR) is 116 cm³/mol. The van der Waals surface area contributed by atoms with Gasteiger partial charge in [-0.1, -0.05) is 6.42 Å². The number of hydrogen-bond acceptors (Lipinski definition) is 7. The van der Waals surface area contributed by atoms with Gasteiger partial charge in [-0.15, -0.1) is 11.3 Å². The summed E-state index contributed by atoms with van der Waals surface area (Å²) in [6, 6.07) is 2.07. The van der Waals surface area contributed by atoms with Gasteiger partial charge in [0.05, 0.1) is 6.04 Å². The van der Waals surface area contributed by atoms with Gasteiger partial charge in [0.2, 0.25) is 5.91 Å². The number of hydrogen-bond donors (Lipinski definition) is 2. The fraction of sp³-hybridized carbons (Fsp3) is 0.619. The summed E-state index contributed by atoms with van der Waals surface area (Å²) in [5.41, 5.74) is 1.06. The lowest BCUT2D eigenvalue weighted by atomic mass is 9.91. The predicted octanol–water partition coefficient (Wildman–Crippen LogP) is 3.22. The van der Waals surface area contributed by atoms with Crippen molar-refractivity contribution >= 4 is 28.2 Å². The number of piperidine rings is 2. The van der Waals surface area contributed by atoms with E-state index in [-0.39, 0.29) is 6.04 Å². The summed E-state index contributed by atoms with van der Waals surface area (Å²) in [6.07, 6.45) is 8.19. The number of aromatic nitrogens is 3. The van der Waals surface area contributed by atoms with Crippen LogP contribution >= 0.6 is 11.3 Å². The number of carbonyl (C=O) groups is 1. The van der Waals surface area contributed by atoms with E-state index in [1.807, 2.05) is 26.1 Å². The van der Waals surface area contributed by atoms with E-state index in [0.717, 1.165) is 74.2 Å². The lowest BCUT2D eigenvalue weighted by Crippen LogP contribution is -2.50. The van der Waals surface area contributed by atoms with Crippen LogP contribution in [0.15, 0.2) is 12.3 Å². The van der Waals surface area contributed by atoms with Gasteiger partial charge in [0.25, 0.3) is 0 Å². The van der Waals surface area contributed by atoms with Crippen LogP contribution in [0.4, 0.5) is 10.9 Å². The molecule has 2 aliphatic heterocycles. The van der Waals surface area contributed by atoms with Gasteiger partial charge < -0.3 is 15.5 Å². The van der Waals surface area contributed by atoms with Crippen LogP contribution in [0.25, 0.3) is 0 Å². The van der Waals surface area contributed by atoms with Gasteiger partial charge in [0, 0.05) is 35.9 Å². The zero-order valence-electron chi connectivity index (χ0n) is 17.3. The Bertz CT molecular complexity index is 839. The van der Waals surface area contributed by atoms with Crippen LogP contribution in [0.5, 0.6) is 0 Å². The first kappa shape index (κ1) is 20.2. The first-order valence-corrected chi connectivity index (χ1v) is 11.4. The fourth-order valence-electron chi connectivity index (χ4n) is 4.26. The van der Waals surface area contributed by atoms with Crippen molar-refractivity contribution in [3.8, 4) is 0 Å². The van der Waals surface area contributed by atoms with Crippen molar-refractivity contribution in [1.82, 2.24) is 25.2 Å². The smallest absolute Gasteiger partial charge is 0.239 e. The average molecular weight is 415 g/mol. The minimum Gasteiger partial charge on any atom is -0.341 e. The molecule has 156 valence electrons. The Balaban J connectivity index is 1.32. The van der Waals surface area contributed by atoms with E-state index >= 15 is 0 Å². The van der Waals surface area contributed by atoms with Crippen molar-refractivity contribution < 1.29 is 4.79 Å². The molecule has 1 atom stereocenters. The van der Waals surface area contributed by atoms with Gasteiger partial charge >= 0.3 is 0 Å². The van der Waals surface area contributed by atoms with Crippen LogP contribution in [0.3, 0.4) is 0 Å². The number of thiazole rings is 1. The quantitative estimate of drug-likeness (QED) is 0.782. The number of aryl methyl sites for hydroxylation is 2. The Morgan fingerprint density at radius 1 is 1.24 bits per heavy atom. The first-order valence-electron chi connectivity index (χ1n) is 10.6. The number of anilines is 2. The summed E-state index contributed by atoms with van der Waals surface area (Å²) >= 11 is 1.62. The molecule has 2 saturated heterocycles. The third-order valence-corrected chi connectivity index (χ3v) is 6.61. The normalized spacial score (nSPS) is 20.6. The Morgan fingerprint density at radius 2 is 2.07 bits per heavy atom. The minimum absolute atomic E-state index is 0.0351. The van der Waals surface area contributed by atoms with E-state index < -0.39 is 0 Å². The number of nitrogens with one attached hydrogen (secondary N) is 2. The molecule has 0 aromatic carbocycles. The molecule has 2 aromatic heterocycles. The molecule has 2 aromatic rings. The Kier molecular flexibility index (Phi) is 6.40.